The fourth-order valence-electron chi connectivity index (χ4n) is 3.28. The predicted molar refractivity (Wildman–Crippen MR) is 74.6 cm³/mol. The van der Waals surface area contributed by atoms with Crippen LogP contribution in [-0.4, -0.2) is 43.5 Å². The first-order valence-electron chi connectivity index (χ1n) is 7.19. The van der Waals surface area contributed by atoms with E-state index in [2.05, 4.69) is 17.9 Å². The molecule has 0 N–H and O–H groups in total. The van der Waals surface area contributed by atoms with E-state index in [0.29, 0.717) is 11.7 Å². The van der Waals surface area contributed by atoms with Crippen LogP contribution in [0, 0.1) is 5.92 Å². The second-order valence-corrected chi connectivity index (χ2v) is 5.70. The lowest BCUT2D eigenvalue weighted by Crippen LogP contribution is -2.42. The standard InChI is InChI=1S/C16H21NO2/c1-12-10-13(11-17-6-8-19-9-7-17)16(18)15-5-3-2-4-14(12)15/h2-5,12-13H,6-11H2,1H3. The van der Waals surface area contributed by atoms with Gasteiger partial charge in [-0.2, -0.15) is 0 Å². The van der Waals surface area contributed by atoms with Crippen LogP contribution >= 0.6 is 0 Å². The van der Waals surface area contributed by atoms with Crippen molar-refractivity contribution in [2.45, 2.75) is 19.3 Å². The van der Waals surface area contributed by atoms with E-state index in [0.717, 1.165) is 44.8 Å². The van der Waals surface area contributed by atoms with Crippen LogP contribution in [-0.2, 0) is 4.74 Å². The first-order chi connectivity index (χ1) is 9.25. The van der Waals surface area contributed by atoms with E-state index < -0.39 is 0 Å². The lowest BCUT2D eigenvalue weighted by atomic mass is 9.76. The number of morpholine rings is 1. The molecule has 2 unspecified atom stereocenters. The largest absolute Gasteiger partial charge is 0.379 e. The van der Waals surface area contributed by atoms with Gasteiger partial charge in [0, 0.05) is 31.1 Å². The number of ether oxygens (including phenoxy) is 1. The molecule has 2 atom stereocenters. The smallest absolute Gasteiger partial charge is 0.167 e. The van der Waals surface area contributed by atoms with E-state index in [-0.39, 0.29) is 5.92 Å². The normalized spacial score (nSPS) is 28.2. The zero-order valence-electron chi connectivity index (χ0n) is 11.5. The highest BCUT2D eigenvalue weighted by atomic mass is 16.5. The third-order valence-electron chi connectivity index (χ3n) is 4.35. The number of carbonyl (C=O) groups excluding carboxylic acids is 1. The van der Waals surface area contributed by atoms with E-state index >= 15 is 0 Å². The van der Waals surface area contributed by atoms with Crippen molar-refractivity contribution in [3.8, 4) is 0 Å². The van der Waals surface area contributed by atoms with E-state index in [1.165, 1.54) is 5.56 Å². The van der Waals surface area contributed by atoms with Crippen molar-refractivity contribution in [1.82, 2.24) is 4.90 Å². The van der Waals surface area contributed by atoms with Crippen molar-refractivity contribution in [2.75, 3.05) is 32.8 Å². The highest BCUT2D eigenvalue weighted by Gasteiger charge is 2.32. The summed E-state index contributed by atoms with van der Waals surface area (Å²) < 4.78 is 5.37. The molecule has 3 nitrogen and oxygen atoms in total. The first kappa shape index (κ1) is 12.8. The molecule has 3 rings (SSSR count). The molecule has 19 heavy (non-hydrogen) atoms. The number of Topliss-reactive ketones (excluding diaryl/α,β-unsaturated/α-hetero) is 1. The van der Waals surface area contributed by atoms with Crippen molar-refractivity contribution in [2.24, 2.45) is 5.92 Å². The van der Waals surface area contributed by atoms with Gasteiger partial charge >= 0.3 is 0 Å². The molecule has 1 fully saturated rings. The molecule has 0 radical (unpaired) electrons. The van der Waals surface area contributed by atoms with Crippen molar-refractivity contribution in [3.05, 3.63) is 35.4 Å². The fraction of sp³-hybridized carbons (Fsp3) is 0.562. The second kappa shape index (κ2) is 5.43. The fourth-order valence-corrected chi connectivity index (χ4v) is 3.28. The summed E-state index contributed by atoms with van der Waals surface area (Å²) in [4.78, 5) is 14.9. The number of fused-ring (bicyclic) bond motifs is 1. The Morgan fingerprint density at radius 2 is 2.00 bits per heavy atom. The Hall–Kier alpha value is -1.19. The van der Waals surface area contributed by atoms with Crippen LogP contribution in [0.15, 0.2) is 24.3 Å². The van der Waals surface area contributed by atoms with Gasteiger partial charge < -0.3 is 4.74 Å². The number of rotatable bonds is 2. The minimum absolute atomic E-state index is 0.156. The van der Waals surface area contributed by atoms with Crippen LogP contribution in [0.4, 0.5) is 0 Å². The number of nitrogens with zero attached hydrogens (tertiary/aromatic N) is 1. The van der Waals surface area contributed by atoms with Crippen molar-refractivity contribution in [3.63, 3.8) is 0 Å². The molecule has 2 aliphatic rings. The summed E-state index contributed by atoms with van der Waals surface area (Å²) in [5.41, 5.74) is 2.17. The van der Waals surface area contributed by atoms with Gasteiger partial charge in [0.15, 0.2) is 5.78 Å². The summed E-state index contributed by atoms with van der Waals surface area (Å²) in [6, 6.07) is 8.09. The number of hydrogen-bond acceptors (Lipinski definition) is 3. The van der Waals surface area contributed by atoms with Crippen LogP contribution in [0.3, 0.4) is 0 Å². The summed E-state index contributed by atoms with van der Waals surface area (Å²) in [7, 11) is 0. The van der Waals surface area contributed by atoms with Gasteiger partial charge in [0.05, 0.1) is 13.2 Å². The average Bonchev–Trinajstić information content (AvgIpc) is 2.46. The summed E-state index contributed by atoms with van der Waals surface area (Å²) >= 11 is 0. The van der Waals surface area contributed by atoms with Crippen LogP contribution in [0.1, 0.15) is 35.2 Å². The topological polar surface area (TPSA) is 29.5 Å². The Balaban J connectivity index is 1.76. The Kier molecular flexibility index (Phi) is 3.67. The Morgan fingerprint density at radius 3 is 2.79 bits per heavy atom. The maximum absolute atomic E-state index is 12.6. The third-order valence-corrected chi connectivity index (χ3v) is 4.35. The second-order valence-electron chi connectivity index (χ2n) is 5.70. The zero-order valence-corrected chi connectivity index (χ0v) is 11.5. The minimum atomic E-state index is 0.156. The van der Waals surface area contributed by atoms with Crippen molar-refractivity contribution >= 4 is 5.78 Å². The Bertz CT molecular complexity index is 466. The minimum Gasteiger partial charge on any atom is -0.379 e. The molecule has 1 heterocycles. The lowest BCUT2D eigenvalue weighted by molar-refractivity contribution is 0.0286. The van der Waals surface area contributed by atoms with Crippen molar-refractivity contribution in [1.29, 1.82) is 0 Å². The van der Waals surface area contributed by atoms with Crippen LogP contribution in [0.5, 0.6) is 0 Å². The highest BCUT2D eigenvalue weighted by Crippen LogP contribution is 2.34. The molecule has 1 aliphatic carbocycles. The molecule has 102 valence electrons. The number of carbonyl (C=O) groups is 1. The maximum atomic E-state index is 12.6. The van der Waals surface area contributed by atoms with Gasteiger partial charge in [-0.1, -0.05) is 31.2 Å². The molecule has 0 bridgehead atoms. The predicted octanol–water partition coefficient (Wildman–Crippen LogP) is 2.32. The lowest BCUT2D eigenvalue weighted by Gasteiger charge is -2.34. The summed E-state index contributed by atoms with van der Waals surface area (Å²) in [6.07, 6.45) is 0.979. The Labute approximate surface area is 114 Å². The van der Waals surface area contributed by atoms with Gasteiger partial charge in [-0.3, -0.25) is 9.69 Å². The molecule has 0 aromatic heterocycles. The molecule has 1 aromatic rings. The molecule has 1 aliphatic heterocycles. The van der Waals surface area contributed by atoms with Crippen LogP contribution in [0.2, 0.25) is 0 Å². The SMILES string of the molecule is CC1CC(CN2CCOCC2)C(=O)c2ccccc21. The van der Waals surface area contributed by atoms with E-state index in [1.54, 1.807) is 0 Å². The van der Waals surface area contributed by atoms with Gasteiger partial charge in [-0.05, 0) is 17.9 Å². The van der Waals surface area contributed by atoms with Gasteiger partial charge in [0.25, 0.3) is 0 Å². The van der Waals surface area contributed by atoms with Gasteiger partial charge in [-0.15, -0.1) is 0 Å². The third kappa shape index (κ3) is 2.58. The molecule has 0 amide bonds. The average molecular weight is 259 g/mol. The van der Waals surface area contributed by atoms with Gasteiger partial charge in [0.1, 0.15) is 0 Å². The maximum Gasteiger partial charge on any atom is 0.167 e. The van der Waals surface area contributed by atoms with Gasteiger partial charge in [0.2, 0.25) is 0 Å². The highest BCUT2D eigenvalue weighted by molar-refractivity contribution is 6.00. The molecule has 1 aromatic carbocycles. The van der Waals surface area contributed by atoms with E-state index in [9.17, 15) is 4.79 Å². The van der Waals surface area contributed by atoms with E-state index in [1.807, 2.05) is 18.2 Å². The summed E-state index contributed by atoms with van der Waals surface area (Å²) in [6.45, 7) is 6.64. The summed E-state index contributed by atoms with van der Waals surface area (Å²) in [5.74, 6) is 0.975. The van der Waals surface area contributed by atoms with Crippen LogP contribution in [0.25, 0.3) is 0 Å². The van der Waals surface area contributed by atoms with Gasteiger partial charge in [-0.25, -0.2) is 0 Å². The quantitative estimate of drug-likeness (QED) is 0.816. The van der Waals surface area contributed by atoms with E-state index in [4.69, 9.17) is 4.74 Å². The number of benzene rings is 1. The molecule has 3 heteroatoms. The first-order valence-corrected chi connectivity index (χ1v) is 7.19. The number of ketones is 1. The molecule has 1 saturated heterocycles. The molecule has 0 saturated carbocycles. The molecule has 0 spiro atoms. The Morgan fingerprint density at radius 1 is 1.26 bits per heavy atom. The van der Waals surface area contributed by atoms with Crippen molar-refractivity contribution < 1.29 is 9.53 Å². The number of hydrogen-bond donors (Lipinski definition) is 0. The summed E-state index contributed by atoms with van der Waals surface area (Å²) in [5, 5.41) is 0. The van der Waals surface area contributed by atoms with Crippen LogP contribution < -0.4 is 0 Å². The zero-order chi connectivity index (χ0) is 13.2. The molecular formula is C16H21NO2. The molecular weight excluding hydrogens is 238 g/mol. The monoisotopic (exact) mass is 259 g/mol.